The predicted octanol–water partition coefficient (Wildman–Crippen LogP) is 2.52. The Morgan fingerprint density at radius 1 is 1.02 bits per heavy atom. The fourth-order valence-electron chi connectivity index (χ4n) is 5.22. The number of nitrogens with one attached hydrogen (secondary N) is 3. The van der Waals surface area contributed by atoms with Gasteiger partial charge >= 0.3 is 0 Å². The van der Waals surface area contributed by atoms with E-state index in [4.69, 9.17) is 10.2 Å². The first kappa shape index (κ1) is 34.8. The minimum atomic E-state index is -0.780. The predicted molar refractivity (Wildman–Crippen MR) is 177 cm³/mol. The van der Waals surface area contributed by atoms with Crippen molar-refractivity contribution in [1.82, 2.24) is 40.8 Å². The topological polar surface area (TPSA) is 215 Å². The van der Waals surface area contributed by atoms with Crippen molar-refractivity contribution in [2.75, 3.05) is 19.6 Å². The van der Waals surface area contributed by atoms with Crippen molar-refractivity contribution in [3.63, 3.8) is 0 Å². The summed E-state index contributed by atoms with van der Waals surface area (Å²) in [4.78, 5) is 83.2. The summed E-state index contributed by atoms with van der Waals surface area (Å²) in [6.07, 6.45) is 2.94. The zero-order chi connectivity index (χ0) is 35.1. The number of carbonyl (C=O) groups is 5. The minimum Gasteiger partial charge on any atom is -0.443 e. The van der Waals surface area contributed by atoms with Crippen molar-refractivity contribution in [1.29, 1.82) is 0 Å². The number of oxazole rings is 1. The van der Waals surface area contributed by atoms with Gasteiger partial charge in [0.05, 0.1) is 18.4 Å². The second-order valence-electron chi connectivity index (χ2n) is 11.8. The summed E-state index contributed by atoms with van der Waals surface area (Å²) < 4.78 is 5.98. The van der Waals surface area contributed by atoms with E-state index in [9.17, 15) is 24.0 Å². The van der Waals surface area contributed by atoms with E-state index in [0.717, 1.165) is 18.0 Å². The van der Waals surface area contributed by atoms with Gasteiger partial charge in [0.25, 0.3) is 23.6 Å². The summed E-state index contributed by atoms with van der Waals surface area (Å²) >= 11 is 1.24. The van der Waals surface area contributed by atoms with Gasteiger partial charge in [-0.3, -0.25) is 24.0 Å². The molecule has 5 amide bonds. The maximum absolute atomic E-state index is 13.5. The van der Waals surface area contributed by atoms with Gasteiger partial charge in [-0.25, -0.2) is 19.9 Å². The van der Waals surface area contributed by atoms with Crippen molar-refractivity contribution in [2.45, 2.75) is 52.1 Å². The molecule has 0 radical (unpaired) electrons. The monoisotopic (exact) mass is 687 g/mol. The second kappa shape index (κ2) is 15.6. The summed E-state index contributed by atoms with van der Waals surface area (Å²) in [6.45, 7) is 5.79. The van der Waals surface area contributed by atoms with E-state index in [1.807, 2.05) is 44.2 Å². The molecule has 1 aromatic carbocycles. The van der Waals surface area contributed by atoms with E-state index in [0.29, 0.717) is 11.4 Å². The van der Waals surface area contributed by atoms with Crippen molar-refractivity contribution in [2.24, 2.45) is 11.7 Å². The van der Waals surface area contributed by atoms with E-state index < -0.39 is 35.7 Å². The zero-order valence-corrected chi connectivity index (χ0v) is 28.1. The molecule has 49 heavy (non-hydrogen) atoms. The molecule has 4 aromatic rings. The Kier molecular flexibility index (Phi) is 11.1. The quantitative estimate of drug-likeness (QED) is 0.240. The number of amides is 5. The first-order valence-electron chi connectivity index (χ1n) is 15.8. The van der Waals surface area contributed by atoms with Gasteiger partial charge in [-0.15, -0.1) is 11.3 Å². The summed E-state index contributed by atoms with van der Waals surface area (Å²) in [5.41, 5.74) is 6.30. The second-order valence-corrected chi connectivity index (χ2v) is 12.7. The number of hydrogen-bond acceptors (Lipinski definition) is 11. The molecule has 1 aliphatic rings. The molecule has 4 heterocycles. The molecule has 5 N–H and O–H groups in total. The van der Waals surface area contributed by atoms with E-state index >= 15 is 0 Å². The van der Waals surface area contributed by atoms with Crippen LogP contribution in [-0.4, -0.2) is 74.0 Å². The highest BCUT2D eigenvalue weighted by Crippen LogP contribution is 2.27. The molecule has 3 aromatic heterocycles. The van der Waals surface area contributed by atoms with Crippen LogP contribution >= 0.6 is 11.3 Å². The largest absolute Gasteiger partial charge is 0.443 e. The van der Waals surface area contributed by atoms with Gasteiger partial charge in [0, 0.05) is 37.9 Å². The maximum atomic E-state index is 13.5. The third-order valence-corrected chi connectivity index (χ3v) is 8.76. The Morgan fingerprint density at radius 3 is 2.45 bits per heavy atom. The third-order valence-electron chi connectivity index (χ3n) is 7.83. The van der Waals surface area contributed by atoms with E-state index in [2.05, 4.69) is 35.9 Å². The molecule has 4 bridgehead atoms. The number of aryl methyl sites for hydroxylation is 1. The van der Waals surface area contributed by atoms with Crippen LogP contribution in [0.5, 0.6) is 0 Å². The van der Waals surface area contributed by atoms with Crippen LogP contribution in [0.3, 0.4) is 0 Å². The van der Waals surface area contributed by atoms with Crippen molar-refractivity contribution < 1.29 is 28.4 Å². The lowest BCUT2D eigenvalue weighted by Gasteiger charge is -2.23. The van der Waals surface area contributed by atoms with Crippen molar-refractivity contribution in [3.8, 4) is 0 Å². The Morgan fingerprint density at radius 2 is 1.76 bits per heavy atom. The van der Waals surface area contributed by atoms with Crippen LogP contribution in [0.4, 0.5) is 0 Å². The number of benzene rings is 1. The van der Waals surface area contributed by atoms with Gasteiger partial charge in [0.15, 0.2) is 5.69 Å². The van der Waals surface area contributed by atoms with Crippen LogP contribution < -0.4 is 21.7 Å². The van der Waals surface area contributed by atoms with Gasteiger partial charge in [-0.1, -0.05) is 44.2 Å². The van der Waals surface area contributed by atoms with Gasteiger partial charge in [0.2, 0.25) is 11.8 Å². The van der Waals surface area contributed by atoms with E-state index in [-0.39, 0.29) is 78.7 Å². The lowest BCUT2D eigenvalue weighted by molar-refractivity contribution is -0.122. The fraction of sp³-hybridized carbons (Fsp3) is 0.364. The number of primary amides is 1. The molecule has 2 atom stereocenters. The highest BCUT2D eigenvalue weighted by molar-refractivity contribution is 7.09. The Labute approximate surface area is 286 Å². The highest BCUT2D eigenvalue weighted by Gasteiger charge is 2.29. The molecule has 0 spiro atoms. The summed E-state index contributed by atoms with van der Waals surface area (Å²) in [5.74, 6) is -2.14. The minimum absolute atomic E-state index is 0.0286. The van der Waals surface area contributed by atoms with Crippen LogP contribution in [0.15, 0.2) is 52.5 Å². The number of rotatable bonds is 5. The van der Waals surface area contributed by atoms with E-state index in [1.165, 1.54) is 16.2 Å². The average Bonchev–Trinajstić information content (AvgIpc) is 3.73. The molecule has 1 aliphatic heterocycles. The number of nitrogens with zero attached hydrogens (tertiary/aromatic N) is 5. The lowest BCUT2D eigenvalue weighted by Crippen LogP contribution is -2.40. The molecule has 0 saturated heterocycles. The molecular weight excluding hydrogens is 650 g/mol. The number of nitrogens with two attached hydrogens (primary N) is 1. The first-order chi connectivity index (χ1) is 23.5. The number of aromatic nitrogens is 4. The van der Waals surface area contributed by atoms with Crippen molar-refractivity contribution in [3.05, 3.63) is 93.1 Å². The molecule has 5 rings (SSSR count). The standard InChI is InChI=1S/C33H37N9O6S/c1-18(2)26-32-39-24(17-49-32)29(45)35-11-13-42(33(47)23-16-36-22(15-37-23)28(34)44)12-7-10-25(43)38-21(14-20-8-5-4-6-9-20)31-41-27(19(3)48-31)30(46)40-26/h4-6,8-9,15-18,21,26H,7,10-14H2,1-3H3,(H2,34,44)(H,35,45)(H,38,43)(H,40,46)/t21-,26-/m0/s1. The molecule has 16 heteroatoms. The third kappa shape index (κ3) is 8.70. The molecule has 0 fully saturated rings. The van der Waals surface area contributed by atoms with Gasteiger partial charge in [-0.2, -0.15) is 0 Å². The summed E-state index contributed by atoms with van der Waals surface area (Å²) in [6, 6.07) is 8.29. The number of fused-ring (bicyclic) bond motifs is 4. The Bertz CT molecular complexity index is 1820. The van der Waals surface area contributed by atoms with Crippen molar-refractivity contribution >= 4 is 40.9 Å². The number of carbonyl (C=O) groups excluding carboxylic acids is 5. The van der Waals surface area contributed by atoms with Gasteiger partial charge < -0.3 is 31.0 Å². The Balaban J connectivity index is 1.45. The molecule has 0 saturated carbocycles. The Hall–Kier alpha value is -5.51. The van der Waals surface area contributed by atoms with Crippen LogP contribution in [0.2, 0.25) is 0 Å². The molecule has 15 nitrogen and oxygen atoms in total. The normalized spacial score (nSPS) is 18.0. The van der Waals surface area contributed by atoms with E-state index in [1.54, 1.807) is 12.3 Å². The van der Waals surface area contributed by atoms with Crippen LogP contribution in [0.25, 0.3) is 0 Å². The smallest absolute Gasteiger partial charge is 0.274 e. The number of thiazole rings is 1. The SMILES string of the molecule is Cc1oc2nc1C(=O)N[C@@H](C(C)C)c1nc(cs1)C(=O)NCCN(C(=O)c1cnc(C(N)=O)cn1)CCCC(=O)N[C@H]2Cc1ccccc1. The van der Waals surface area contributed by atoms with Gasteiger partial charge in [0.1, 0.15) is 33.9 Å². The maximum Gasteiger partial charge on any atom is 0.274 e. The number of hydrogen-bond donors (Lipinski definition) is 4. The van der Waals surface area contributed by atoms with Gasteiger partial charge in [-0.05, 0) is 24.8 Å². The summed E-state index contributed by atoms with van der Waals surface area (Å²) in [5, 5.41) is 10.9. The van der Waals surface area contributed by atoms with Crippen LogP contribution in [-0.2, 0) is 11.2 Å². The molecular formula is C33H37N9O6S. The van der Waals surface area contributed by atoms with Crippen LogP contribution in [0.1, 0.15) is 103 Å². The molecule has 0 aliphatic carbocycles. The average molecular weight is 688 g/mol. The van der Waals surface area contributed by atoms with Crippen LogP contribution in [0, 0.1) is 12.8 Å². The fourth-order valence-corrected chi connectivity index (χ4v) is 6.24. The lowest BCUT2D eigenvalue weighted by atomic mass is 10.0. The summed E-state index contributed by atoms with van der Waals surface area (Å²) in [7, 11) is 0. The highest BCUT2D eigenvalue weighted by atomic mass is 32.1. The first-order valence-corrected chi connectivity index (χ1v) is 16.6. The zero-order valence-electron chi connectivity index (χ0n) is 27.3. The molecule has 0 unspecified atom stereocenters. The molecule has 256 valence electrons.